The third kappa shape index (κ3) is 3.89. The number of hydrogen-bond donors (Lipinski definition) is 0. The molecule has 1 aliphatic carbocycles. The topological polar surface area (TPSA) is 52.0 Å². The highest BCUT2D eigenvalue weighted by atomic mass is 32.2. The molecule has 0 bridgehead atoms. The Morgan fingerprint density at radius 1 is 1.33 bits per heavy atom. The normalized spacial score (nSPS) is 17.4. The van der Waals surface area contributed by atoms with Crippen LogP contribution in [0.5, 0.6) is 0 Å². The number of sulfone groups is 1. The maximum Gasteiger partial charge on any atom is 0.175 e. The van der Waals surface area contributed by atoms with E-state index >= 15 is 0 Å². The highest BCUT2D eigenvalue weighted by Gasteiger charge is 2.16. The summed E-state index contributed by atoms with van der Waals surface area (Å²) < 4.78 is 39.3. The summed E-state index contributed by atoms with van der Waals surface area (Å²) in [5.74, 6) is 0. The summed E-state index contributed by atoms with van der Waals surface area (Å²) in [5, 5.41) is 3.82. The van der Waals surface area contributed by atoms with E-state index in [0.717, 1.165) is 27.2 Å². The predicted octanol–water partition coefficient (Wildman–Crippen LogP) is 4.32. The third-order valence-corrected chi connectivity index (χ3v) is 6.56. The molecule has 4 nitrogen and oxygen atoms in total. The molecule has 1 aliphatic rings. The second kappa shape index (κ2) is 7.05. The lowest BCUT2D eigenvalue weighted by atomic mass is 10.1. The molecule has 0 saturated carbocycles. The van der Waals surface area contributed by atoms with Crippen molar-refractivity contribution >= 4 is 32.1 Å². The van der Waals surface area contributed by atoms with Crippen molar-refractivity contribution in [2.45, 2.75) is 30.5 Å². The smallest absolute Gasteiger partial charge is 0.175 e. The number of nitrogens with zero attached hydrogens (tertiary/aromatic N) is 2. The lowest BCUT2D eigenvalue weighted by Gasteiger charge is -2.14. The van der Waals surface area contributed by atoms with Crippen LogP contribution in [0, 0.1) is 0 Å². The van der Waals surface area contributed by atoms with Crippen LogP contribution in [-0.4, -0.2) is 30.4 Å². The fourth-order valence-electron chi connectivity index (χ4n) is 3.30. The quantitative estimate of drug-likeness (QED) is 0.639. The summed E-state index contributed by atoms with van der Waals surface area (Å²) in [5.41, 5.74) is 3.07. The van der Waals surface area contributed by atoms with E-state index in [2.05, 4.69) is 9.55 Å². The first-order valence-corrected chi connectivity index (χ1v) is 11.4. The molecule has 0 amide bonds. The Morgan fingerprint density at radius 3 is 2.85 bits per heavy atom. The molecule has 1 unspecified atom stereocenters. The van der Waals surface area contributed by atoms with Gasteiger partial charge in [0.2, 0.25) is 0 Å². The van der Waals surface area contributed by atoms with Crippen molar-refractivity contribution < 1.29 is 12.8 Å². The van der Waals surface area contributed by atoms with Crippen molar-refractivity contribution in [1.29, 1.82) is 0 Å². The minimum atomic E-state index is -3.26. The Morgan fingerprint density at radius 2 is 2.19 bits per heavy atom. The minimum absolute atomic E-state index is 0.310. The van der Waals surface area contributed by atoms with Gasteiger partial charge in [-0.1, -0.05) is 18.2 Å². The molecule has 1 atom stereocenters. The summed E-state index contributed by atoms with van der Waals surface area (Å²) in [7, 11) is -3.26. The lowest BCUT2D eigenvalue weighted by molar-refractivity contribution is 0.400. The molecule has 2 aromatic heterocycles. The largest absolute Gasteiger partial charge is 0.340 e. The summed E-state index contributed by atoms with van der Waals surface area (Å²) >= 11 is 1.59. The second-order valence-electron chi connectivity index (χ2n) is 6.71. The zero-order valence-corrected chi connectivity index (χ0v) is 16.4. The van der Waals surface area contributed by atoms with Crippen LogP contribution in [0.4, 0.5) is 4.39 Å². The van der Waals surface area contributed by atoms with Gasteiger partial charge in [-0.05, 0) is 29.8 Å². The molecular formula is C20H19FN2O2S2. The lowest BCUT2D eigenvalue weighted by Crippen LogP contribution is -2.08. The van der Waals surface area contributed by atoms with Gasteiger partial charge in [-0.25, -0.2) is 17.8 Å². The number of allylic oxidation sites excluding steroid dienone is 4. The van der Waals surface area contributed by atoms with Crippen LogP contribution in [0.15, 0.2) is 64.5 Å². The van der Waals surface area contributed by atoms with Gasteiger partial charge in [0, 0.05) is 53.8 Å². The molecule has 2 heterocycles. The van der Waals surface area contributed by atoms with Crippen molar-refractivity contribution in [1.82, 2.24) is 9.55 Å². The molecule has 0 spiro atoms. The number of halogens is 1. The van der Waals surface area contributed by atoms with Gasteiger partial charge in [0.15, 0.2) is 9.84 Å². The van der Waals surface area contributed by atoms with Crippen molar-refractivity contribution in [3.63, 3.8) is 0 Å². The van der Waals surface area contributed by atoms with Crippen molar-refractivity contribution in [3.8, 4) is 0 Å². The molecule has 3 aromatic rings. The van der Waals surface area contributed by atoms with E-state index in [-0.39, 0.29) is 0 Å². The van der Waals surface area contributed by atoms with Crippen LogP contribution in [0.2, 0.25) is 0 Å². The van der Waals surface area contributed by atoms with Crippen molar-refractivity contribution in [3.05, 3.63) is 70.3 Å². The SMILES string of the molecule is CS(=O)(=O)c1ccc2c(c1)cc(Cc1nccs1)n2CC1=CCC(F)C=C1. The first kappa shape index (κ1) is 18.1. The van der Waals surface area contributed by atoms with Gasteiger partial charge in [0.1, 0.15) is 6.17 Å². The monoisotopic (exact) mass is 402 g/mol. The van der Waals surface area contributed by atoms with Crippen LogP contribution in [0.3, 0.4) is 0 Å². The van der Waals surface area contributed by atoms with Crippen molar-refractivity contribution in [2.24, 2.45) is 0 Å². The minimum Gasteiger partial charge on any atom is -0.340 e. The summed E-state index contributed by atoms with van der Waals surface area (Å²) in [6.07, 6.45) is 8.49. The number of benzene rings is 1. The summed E-state index contributed by atoms with van der Waals surface area (Å²) in [4.78, 5) is 4.68. The molecule has 140 valence electrons. The first-order chi connectivity index (χ1) is 12.9. The number of aromatic nitrogens is 2. The van der Waals surface area contributed by atoms with E-state index in [4.69, 9.17) is 0 Å². The van der Waals surface area contributed by atoms with Crippen LogP contribution in [0.1, 0.15) is 17.1 Å². The van der Waals surface area contributed by atoms with E-state index in [1.807, 2.05) is 29.7 Å². The average molecular weight is 403 g/mol. The molecule has 4 rings (SSSR count). The van der Waals surface area contributed by atoms with Gasteiger partial charge in [-0.15, -0.1) is 11.3 Å². The maximum atomic E-state index is 13.4. The van der Waals surface area contributed by atoms with Crippen LogP contribution >= 0.6 is 11.3 Å². The maximum absolute atomic E-state index is 13.4. The van der Waals surface area contributed by atoms with E-state index in [1.54, 1.807) is 35.7 Å². The molecule has 0 aliphatic heterocycles. The van der Waals surface area contributed by atoms with Gasteiger partial charge in [-0.3, -0.25) is 0 Å². The van der Waals surface area contributed by atoms with E-state index in [0.29, 0.717) is 24.3 Å². The third-order valence-electron chi connectivity index (χ3n) is 4.67. The molecule has 0 N–H and O–H groups in total. The molecule has 7 heteroatoms. The fraction of sp³-hybridized carbons (Fsp3) is 0.250. The van der Waals surface area contributed by atoms with E-state index in [1.165, 1.54) is 6.26 Å². The Labute approximate surface area is 161 Å². The molecular weight excluding hydrogens is 383 g/mol. The van der Waals surface area contributed by atoms with E-state index < -0.39 is 16.0 Å². The van der Waals surface area contributed by atoms with Gasteiger partial charge in [0.25, 0.3) is 0 Å². The average Bonchev–Trinajstić information content (AvgIpc) is 3.24. The molecule has 0 radical (unpaired) electrons. The standard InChI is InChI=1S/C20H19FN2O2S2/c1-27(24,25)18-6-7-19-15(11-18)10-17(12-20-22-8-9-26-20)23(19)13-14-2-4-16(21)5-3-14/h2-4,6-11,16H,5,12-13H2,1H3. The predicted molar refractivity (Wildman–Crippen MR) is 107 cm³/mol. The van der Waals surface area contributed by atoms with Gasteiger partial charge in [0.05, 0.1) is 9.90 Å². The number of thiazole rings is 1. The number of hydrogen-bond acceptors (Lipinski definition) is 4. The first-order valence-electron chi connectivity index (χ1n) is 8.62. The molecule has 1 aromatic carbocycles. The van der Waals surface area contributed by atoms with Crippen LogP contribution in [-0.2, 0) is 22.8 Å². The Balaban J connectivity index is 1.79. The van der Waals surface area contributed by atoms with Crippen molar-refractivity contribution in [2.75, 3.05) is 6.26 Å². The Bertz CT molecular complexity index is 1140. The fourth-order valence-corrected chi connectivity index (χ4v) is 4.59. The zero-order chi connectivity index (χ0) is 19.0. The number of rotatable bonds is 5. The second-order valence-corrected chi connectivity index (χ2v) is 9.70. The van der Waals surface area contributed by atoms with Crippen LogP contribution < -0.4 is 0 Å². The van der Waals surface area contributed by atoms with Gasteiger partial charge < -0.3 is 4.57 Å². The number of fused-ring (bicyclic) bond motifs is 1. The summed E-state index contributed by atoms with van der Waals surface area (Å²) in [6, 6.07) is 7.23. The number of alkyl halides is 1. The van der Waals surface area contributed by atoms with E-state index in [9.17, 15) is 12.8 Å². The van der Waals surface area contributed by atoms with Gasteiger partial charge >= 0.3 is 0 Å². The Hall–Kier alpha value is -2.25. The summed E-state index contributed by atoms with van der Waals surface area (Å²) in [6.45, 7) is 0.617. The highest BCUT2D eigenvalue weighted by Crippen LogP contribution is 2.27. The van der Waals surface area contributed by atoms with Gasteiger partial charge in [-0.2, -0.15) is 0 Å². The highest BCUT2D eigenvalue weighted by molar-refractivity contribution is 7.90. The Kier molecular flexibility index (Phi) is 4.74. The molecule has 0 fully saturated rings. The zero-order valence-electron chi connectivity index (χ0n) is 14.8. The molecule has 0 saturated heterocycles. The molecule has 27 heavy (non-hydrogen) atoms. The van der Waals surface area contributed by atoms with Crippen LogP contribution in [0.25, 0.3) is 10.9 Å².